The fourth-order valence-corrected chi connectivity index (χ4v) is 4.55. The number of thiazole rings is 1. The van der Waals surface area contributed by atoms with Gasteiger partial charge in [-0.15, -0.1) is 11.3 Å². The van der Waals surface area contributed by atoms with Crippen molar-refractivity contribution in [3.63, 3.8) is 0 Å². The minimum atomic E-state index is 0.161. The second-order valence-corrected chi connectivity index (χ2v) is 6.94. The number of amides is 1. The van der Waals surface area contributed by atoms with Crippen molar-refractivity contribution >= 4 is 17.2 Å². The maximum Gasteiger partial charge on any atom is 0.220 e. The van der Waals surface area contributed by atoms with Crippen molar-refractivity contribution in [3.05, 3.63) is 16.6 Å². The van der Waals surface area contributed by atoms with Gasteiger partial charge < -0.3 is 10.1 Å². The van der Waals surface area contributed by atoms with Crippen molar-refractivity contribution in [3.8, 4) is 0 Å². The number of nitrogens with one attached hydrogen (secondary N) is 1. The summed E-state index contributed by atoms with van der Waals surface area (Å²) < 4.78 is 5.89. The first-order valence-corrected chi connectivity index (χ1v) is 8.97. The van der Waals surface area contributed by atoms with E-state index in [0.29, 0.717) is 18.6 Å². The molecule has 0 unspecified atom stereocenters. The van der Waals surface area contributed by atoms with E-state index in [4.69, 9.17) is 4.74 Å². The molecule has 2 fully saturated rings. The Morgan fingerprint density at radius 1 is 1.52 bits per heavy atom. The van der Waals surface area contributed by atoms with Gasteiger partial charge in [-0.3, -0.25) is 4.79 Å². The Balaban J connectivity index is 1.51. The highest BCUT2D eigenvalue weighted by atomic mass is 32.1. The fourth-order valence-electron chi connectivity index (χ4n) is 3.96. The Morgan fingerprint density at radius 3 is 3.00 bits per heavy atom. The predicted octanol–water partition coefficient (Wildman–Crippen LogP) is 2.93. The molecule has 0 aromatic carbocycles. The lowest BCUT2D eigenvalue weighted by Gasteiger charge is -2.54. The summed E-state index contributed by atoms with van der Waals surface area (Å²) in [6.45, 7) is 2.83. The third-order valence-corrected chi connectivity index (χ3v) is 5.75. The average molecular weight is 308 g/mol. The SMILES string of the molecule is CCO[C@@H]1C[C@@H](NC(=O)CCc2cscn2)C12CCCC2. The highest BCUT2D eigenvalue weighted by Gasteiger charge is 2.57. The average Bonchev–Trinajstić information content (AvgIpc) is 3.16. The zero-order valence-corrected chi connectivity index (χ0v) is 13.5. The quantitative estimate of drug-likeness (QED) is 0.879. The van der Waals surface area contributed by atoms with E-state index in [0.717, 1.165) is 25.1 Å². The van der Waals surface area contributed by atoms with Gasteiger partial charge >= 0.3 is 0 Å². The smallest absolute Gasteiger partial charge is 0.220 e. The molecule has 1 aromatic heterocycles. The molecule has 2 aliphatic carbocycles. The number of hydrogen-bond donors (Lipinski definition) is 1. The van der Waals surface area contributed by atoms with Gasteiger partial charge in [0.25, 0.3) is 0 Å². The predicted molar refractivity (Wildman–Crippen MR) is 83.3 cm³/mol. The van der Waals surface area contributed by atoms with Crippen molar-refractivity contribution in [1.29, 1.82) is 0 Å². The molecule has 1 amide bonds. The van der Waals surface area contributed by atoms with E-state index in [9.17, 15) is 4.79 Å². The van der Waals surface area contributed by atoms with E-state index in [2.05, 4.69) is 17.2 Å². The number of nitrogens with zero attached hydrogens (tertiary/aromatic N) is 1. The Labute approximate surface area is 130 Å². The number of carbonyl (C=O) groups excluding carboxylic acids is 1. The van der Waals surface area contributed by atoms with Crippen LogP contribution in [0.2, 0.25) is 0 Å². The van der Waals surface area contributed by atoms with E-state index in [1.807, 2.05) is 10.9 Å². The number of ether oxygens (including phenoxy) is 1. The van der Waals surface area contributed by atoms with Crippen LogP contribution in [0.25, 0.3) is 0 Å². The monoisotopic (exact) mass is 308 g/mol. The van der Waals surface area contributed by atoms with Crippen LogP contribution in [0.5, 0.6) is 0 Å². The fraction of sp³-hybridized carbons (Fsp3) is 0.750. The van der Waals surface area contributed by atoms with Crippen molar-refractivity contribution < 1.29 is 9.53 Å². The van der Waals surface area contributed by atoms with Gasteiger partial charge in [0.1, 0.15) is 0 Å². The molecule has 2 aliphatic rings. The van der Waals surface area contributed by atoms with Crippen LogP contribution >= 0.6 is 11.3 Å². The molecule has 1 heterocycles. The second kappa shape index (κ2) is 6.44. The van der Waals surface area contributed by atoms with Crippen molar-refractivity contribution in [2.45, 2.75) is 64.0 Å². The summed E-state index contributed by atoms with van der Waals surface area (Å²) in [5, 5.41) is 5.27. The highest BCUT2D eigenvalue weighted by molar-refractivity contribution is 7.07. The summed E-state index contributed by atoms with van der Waals surface area (Å²) in [6.07, 6.45) is 7.57. The normalized spacial score (nSPS) is 26.7. The van der Waals surface area contributed by atoms with E-state index < -0.39 is 0 Å². The summed E-state index contributed by atoms with van der Waals surface area (Å²) in [7, 11) is 0. The van der Waals surface area contributed by atoms with Crippen molar-refractivity contribution in [1.82, 2.24) is 10.3 Å². The van der Waals surface area contributed by atoms with E-state index in [-0.39, 0.29) is 11.3 Å². The molecule has 1 N–H and O–H groups in total. The van der Waals surface area contributed by atoms with Crippen LogP contribution in [0.1, 0.15) is 51.1 Å². The Hall–Kier alpha value is -0.940. The first-order chi connectivity index (χ1) is 10.2. The molecule has 2 atom stereocenters. The van der Waals surface area contributed by atoms with Gasteiger partial charge in [-0.2, -0.15) is 0 Å². The molecule has 5 heteroatoms. The standard InChI is InChI=1S/C16H24N2O2S/c1-2-20-14-9-13(16(14)7-3-4-8-16)18-15(19)6-5-12-10-21-11-17-12/h10-11,13-14H,2-9H2,1H3,(H,18,19)/t13-,14-/m1/s1. The summed E-state index contributed by atoms with van der Waals surface area (Å²) >= 11 is 1.58. The van der Waals surface area contributed by atoms with Crippen LogP contribution in [-0.2, 0) is 16.0 Å². The minimum absolute atomic E-state index is 0.161. The maximum absolute atomic E-state index is 12.2. The van der Waals surface area contributed by atoms with Crippen LogP contribution in [0, 0.1) is 5.41 Å². The molecule has 116 valence electrons. The summed E-state index contributed by atoms with van der Waals surface area (Å²) in [5.74, 6) is 0.161. The Morgan fingerprint density at radius 2 is 2.33 bits per heavy atom. The van der Waals surface area contributed by atoms with Gasteiger partial charge in [-0.1, -0.05) is 12.8 Å². The van der Waals surface area contributed by atoms with Crippen LogP contribution in [0.15, 0.2) is 10.9 Å². The first-order valence-electron chi connectivity index (χ1n) is 8.02. The number of aromatic nitrogens is 1. The summed E-state index contributed by atoms with van der Waals surface area (Å²) in [5.41, 5.74) is 3.07. The van der Waals surface area contributed by atoms with E-state index in [1.54, 1.807) is 11.3 Å². The molecule has 0 radical (unpaired) electrons. The lowest BCUT2D eigenvalue weighted by molar-refractivity contribution is -0.144. The number of hydrogen-bond acceptors (Lipinski definition) is 4. The highest BCUT2D eigenvalue weighted by Crippen LogP contribution is 2.54. The zero-order valence-electron chi connectivity index (χ0n) is 12.6. The Kier molecular flexibility index (Phi) is 4.60. The summed E-state index contributed by atoms with van der Waals surface area (Å²) in [4.78, 5) is 16.4. The van der Waals surface area contributed by atoms with E-state index >= 15 is 0 Å². The van der Waals surface area contributed by atoms with Gasteiger partial charge in [0, 0.05) is 29.9 Å². The first kappa shape index (κ1) is 15.0. The van der Waals surface area contributed by atoms with Gasteiger partial charge in [0.2, 0.25) is 5.91 Å². The maximum atomic E-state index is 12.2. The van der Waals surface area contributed by atoms with Crippen molar-refractivity contribution in [2.24, 2.45) is 5.41 Å². The van der Waals surface area contributed by atoms with Crippen LogP contribution in [0.3, 0.4) is 0 Å². The topological polar surface area (TPSA) is 51.2 Å². The van der Waals surface area contributed by atoms with Gasteiger partial charge in [-0.25, -0.2) is 4.98 Å². The van der Waals surface area contributed by atoms with Crippen LogP contribution < -0.4 is 5.32 Å². The molecule has 0 saturated heterocycles. The molecule has 21 heavy (non-hydrogen) atoms. The molecule has 1 aromatic rings. The third-order valence-electron chi connectivity index (χ3n) is 5.11. The molecule has 0 aliphatic heterocycles. The molecule has 4 nitrogen and oxygen atoms in total. The second-order valence-electron chi connectivity index (χ2n) is 6.22. The third kappa shape index (κ3) is 2.99. The van der Waals surface area contributed by atoms with Crippen molar-refractivity contribution in [2.75, 3.05) is 6.61 Å². The molecule has 0 bridgehead atoms. The number of aryl methyl sites for hydroxylation is 1. The summed E-state index contributed by atoms with van der Waals surface area (Å²) in [6, 6.07) is 0.319. The van der Waals surface area contributed by atoms with Crippen LogP contribution in [-0.4, -0.2) is 29.6 Å². The lowest BCUT2D eigenvalue weighted by Crippen LogP contribution is -2.63. The largest absolute Gasteiger partial charge is 0.378 e. The number of carbonyl (C=O) groups is 1. The molecule has 3 rings (SSSR count). The van der Waals surface area contributed by atoms with Gasteiger partial charge in [0.05, 0.1) is 17.3 Å². The van der Waals surface area contributed by atoms with Gasteiger partial charge in [0.15, 0.2) is 0 Å². The lowest BCUT2D eigenvalue weighted by atomic mass is 9.60. The number of rotatable bonds is 6. The van der Waals surface area contributed by atoms with Gasteiger partial charge in [-0.05, 0) is 32.6 Å². The molecular formula is C16H24N2O2S. The Bertz CT molecular complexity index is 469. The van der Waals surface area contributed by atoms with E-state index in [1.165, 1.54) is 25.7 Å². The zero-order chi connectivity index (χ0) is 14.7. The molecular weight excluding hydrogens is 284 g/mol. The van der Waals surface area contributed by atoms with Crippen LogP contribution in [0.4, 0.5) is 0 Å². The minimum Gasteiger partial charge on any atom is -0.378 e. The molecule has 2 saturated carbocycles. The molecule has 1 spiro atoms.